The normalized spacial score (nSPS) is 17.5. The van der Waals surface area contributed by atoms with Crippen LogP contribution >= 0.6 is 11.3 Å². The van der Waals surface area contributed by atoms with Gasteiger partial charge in [-0.05, 0) is 25.0 Å². The van der Waals surface area contributed by atoms with Gasteiger partial charge in [-0.25, -0.2) is 13.2 Å². The summed E-state index contributed by atoms with van der Waals surface area (Å²) in [6.45, 7) is 2.26. The molecule has 1 aromatic rings. The van der Waals surface area contributed by atoms with Crippen molar-refractivity contribution in [3.63, 3.8) is 0 Å². The highest BCUT2D eigenvalue weighted by Gasteiger charge is 2.32. The quantitative estimate of drug-likeness (QED) is 0.906. The maximum Gasteiger partial charge on any atom is 0.345 e. The van der Waals surface area contributed by atoms with E-state index in [1.165, 1.54) is 16.4 Å². The van der Waals surface area contributed by atoms with Crippen molar-refractivity contribution >= 4 is 27.3 Å². The lowest BCUT2D eigenvalue weighted by molar-refractivity contribution is 0.0702. The van der Waals surface area contributed by atoms with E-state index in [-0.39, 0.29) is 15.1 Å². The minimum Gasteiger partial charge on any atom is -0.477 e. The lowest BCUT2D eigenvalue weighted by Gasteiger charge is -2.32. The summed E-state index contributed by atoms with van der Waals surface area (Å²) in [6.07, 6.45) is 5.06. The maximum atomic E-state index is 12.6. The van der Waals surface area contributed by atoms with Crippen molar-refractivity contribution in [2.45, 2.75) is 49.3 Å². The monoisotopic (exact) mass is 317 g/mol. The second-order valence-corrected chi connectivity index (χ2v) is 8.13. The number of aromatic carboxylic acids is 1. The van der Waals surface area contributed by atoms with Crippen LogP contribution in [0.5, 0.6) is 0 Å². The SMILES string of the molecule is CCN(C1CCCCC1)S(=O)(=O)c1ccc(C(=O)O)s1. The summed E-state index contributed by atoms with van der Waals surface area (Å²) in [7, 11) is -3.57. The Labute approximate surface area is 123 Å². The first-order chi connectivity index (χ1) is 9.46. The van der Waals surface area contributed by atoms with Crippen LogP contribution in [0.1, 0.15) is 48.7 Å². The second kappa shape index (κ2) is 6.24. The molecular weight excluding hydrogens is 298 g/mol. The van der Waals surface area contributed by atoms with Crippen LogP contribution in [0.3, 0.4) is 0 Å². The number of thiophene rings is 1. The molecule has 1 fully saturated rings. The number of nitrogens with zero attached hydrogens (tertiary/aromatic N) is 1. The van der Waals surface area contributed by atoms with Crippen LogP contribution in [0.25, 0.3) is 0 Å². The first kappa shape index (κ1) is 15.5. The molecule has 2 rings (SSSR count). The third kappa shape index (κ3) is 3.05. The van der Waals surface area contributed by atoms with E-state index in [1.807, 2.05) is 6.92 Å². The highest BCUT2D eigenvalue weighted by Crippen LogP contribution is 2.30. The fraction of sp³-hybridized carbons (Fsp3) is 0.615. The van der Waals surface area contributed by atoms with E-state index < -0.39 is 16.0 Å². The Morgan fingerprint density at radius 1 is 1.35 bits per heavy atom. The van der Waals surface area contributed by atoms with E-state index in [0.29, 0.717) is 6.54 Å². The van der Waals surface area contributed by atoms with Crippen molar-refractivity contribution in [1.29, 1.82) is 0 Å². The van der Waals surface area contributed by atoms with E-state index in [0.717, 1.165) is 43.4 Å². The van der Waals surface area contributed by atoms with Crippen molar-refractivity contribution in [3.05, 3.63) is 17.0 Å². The molecule has 5 nitrogen and oxygen atoms in total. The van der Waals surface area contributed by atoms with E-state index in [9.17, 15) is 13.2 Å². The molecule has 0 spiro atoms. The minimum atomic E-state index is -3.57. The minimum absolute atomic E-state index is 0.0501. The van der Waals surface area contributed by atoms with Gasteiger partial charge < -0.3 is 5.11 Å². The molecule has 0 unspecified atom stereocenters. The third-order valence-electron chi connectivity index (χ3n) is 3.65. The number of hydrogen-bond acceptors (Lipinski definition) is 4. The molecular formula is C13H19NO4S2. The van der Waals surface area contributed by atoms with Gasteiger partial charge in [-0.1, -0.05) is 26.2 Å². The van der Waals surface area contributed by atoms with Crippen LogP contribution in [-0.2, 0) is 10.0 Å². The lowest BCUT2D eigenvalue weighted by Crippen LogP contribution is -2.40. The average molecular weight is 317 g/mol. The largest absolute Gasteiger partial charge is 0.477 e. The number of sulfonamides is 1. The number of hydrogen-bond donors (Lipinski definition) is 1. The topological polar surface area (TPSA) is 74.7 Å². The molecule has 1 aromatic heterocycles. The van der Waals surface area contributed by atoms with Crippen LogP contribution in [0, 0.1) is 0 Å². The second-order valence-electron chi connectivity index (χ2n) is 4.92. The summed E-state index contributed by atoms with van der Waals surface area (Å²) in [5.74, 6) is -1.09. The van der Waals surface area contributed by atoms with Gasteiger partial charge in [0, 0.05) is 12.6 Å². The van der Waals surface area contributed by atoms with Crippen molar-refractivity contribution in [2.75, 3.05) is 6.54 Å². The Morgan fingerprint density at radius 3 is 2.50 bits per heavy atom. The van der Waals surface area contributed by atoms with Gasteiger partial charge in [0.25, 0.3) is 10.0 Å². The Morgan fingerprint density at radius 2 is 2.00 bits per heavy atom. The molecule has 0 aromatic carbocycles. The number of carboxylic acids is 1. The van der Waals surface area contributed by atoms with Gasteiger partial charge in [0.15, 0.2) is 0 Å². The Kier molecular flexibility index (Phi) is 4.82. The highest BCUT2D eigenvalue weighted by atomic mass is 32.2. The van der Waals surface area contributed by atoms with Crippen LogP contribution in [0.2, 0.25) is 0 Å². The Hall–Kier alpha value is -0.920. The van der Waals surface area contributed by atoms with Gasteiger partial charge in [0.05, 0.1) is 0 Å². The molecule has 0 amide bonds. The number of rotatable bonds is 5. The highest BCUT2D eigenvalue weighted by molar-refractivity contribution is 7.91. The Balaban J connectivity index is 2.28. The fourth-order valence-corrected chi connectivity index (χ4v) is 5.65. The van der Waals surface area contributed by atoms with Gasteiger partial charge in [0.2, 0.25) is 0 Å². The molecule has 7 heteroatoms. The van der Waals surface area contributed by atoms with Gasteiger partial charge in [-0.2, -0.15) is 4.31 Å². The fourth-order valence-electron chi connectivity index (χ4n) is 2.68. The molecule has 0 radical (unpaired) electrons. The summed E-state index contributed by atoms with van der Waals surface area (Å²) < 4.78 is 26.9. The summed E-state index contributed by atoms with van der Waals surface area (Å²) in [5.41, 5.74) is 0. The van der Waals surface area contributed by atoms with E-state index in [4.69, 9.17) is 5.11 Å². The van der Waals surface area contributed by atoms with Crippen LogP contribution < -0.4 is 0 Å². The molecule has 1 aliphatic carbocycles. The summed E-state index contributed by atoms with van der Waals surface area (Å²) in [4.78, 5) is 10.9. The van der Waals surface area contributed by atoms with Crippen molar-refractivity contribution < 1.29 is 18.3 Å². The summed E-state index contributed by atoms with van der Waals surface area (Å²) in [5, 5.41) is 8.91. The van der Waals surface area contributed by atoms with Gasteiger partial charge >= 0.3 is 5.97 Å². The van der Waals surface area contributed by atoms with Crippen molar-refractivity contribution in [3.8, 4) is 0 Å². The molecule has 0 saturated heterocycles. The van der Waals surface area contributed by atoms with Gasteiger partial charge in [-0.3, -0.25) is 0 Å². The molecule has 1 heterocycles. The predicted octanol–water partition coefficient (Wildman–Crippen LogP) is 2.79. The van der Waals surface area contributed by atoms with E-state index in [1.54, 1.807) is 0 Å². The summed E-state index contributed by atoms with van der Waals surface area (Å²) >= 11 is 0.826. The van der Waals surface area contributed by atoms with Crippen LogP contribution in [0.4, 0.5) is 0 Å². The first-order valence-corrected chi connectivity index (χ1v) is 9.07. The van der Waals surface area contributed by atoms with Crippen LogP contribution in [-0.4, -0.2) is 36.4 Å². The zero-order chi connectivity index (χ0) is 14.8. The van der Waals surface area contributed by atoms with E-state index in [2.05, 4.69) is 0 Å². The molecule has 20 heavy (non-hydrogen) atoms. The number of carbonyl (C=O) groups is 1. The summed E-state index contributed by atoms with van der Waals surface area (Å²) in [6, 6.07) is 2.80. The molecule has 0 bridgehead atoms. The third-order valence-corrected chi connectivity index (χ3v) is 7.22. The van der Waals surface area contributed by atoms with Crippen molar-refractivity contribution in [2.24, 2.45) is 0 Å². The zero-order valence-electron chi connectivity index (χ0n) is 11.4. The molecule has 0 aliphatic heterocycles. The lowest BCUT2D eigenvalue weighted by atomic mass is 9.95. The molecule has 112 valence electrons. The standard InChI is InChI=1S/C13H19NO4S2/c1-2-14(10-6-4-3-5-7-10)20(17,18)12-9-8-11(19-12)13(15)16/h8-10H,2-7H2,1H3,(H,15,16). The maximum absolute atomic E-state index is 12.6. The smallest absolute Gasteiger partial charge is 0.345 e. The predicted molar refractivity (Wildman–Crippen MR) is 77.7 cm³/mol. The first-order valence-electron chi connectivity index (χ1n) is 6.81. The molecule has 1 aliphatic rings. The van der Waals surface area contributed by atoms with Crippen molar-refractivity contribution in [1.82, 2.24) is 4.31 Å². The number of carboxylic acid groups (broad SMARTS) is 1. The van der Waals surface area contributed by atoms with Gasteiger partial charge in [0.1, 0.15) is 9.09 Å². The molecule has 1 N–H and O–H groups in total. The molecule has 1 saturated carbocycles. The average Bonchev–Trinajstić information content (AvgIpc) is 2.91. The molecule has 0 atom stereocenters. The zero-order valence-corrected chi connectivity index (χ0v) is 13.0. The van der Waals surface area contributed by atoms with Gasteiger partial charge in [-0.15, -0.1) is 11.3 Å². The van der Waals surface area contributed by atoms with E-state index >= 15 is 0 Å². The Bertz CT molecular complexity index is 573. The van der Waals surface area contributed by atoms with Crippen LogP contribution in [0.15, 0.2) is 16.3 Å².